The molecule has 0 spiro atoms. The van der Waals surface area contributed by atoms with Crippen molar-refractivity contribution in [2.24, 2.45) is 0 Å². The first kappa shape index (κ1) is 11.5. The van der Waals surface area contributed by atoms with Crippen molar-refractivity contribution in [2.45, 2.75) is 31.6 Å². The van der Waals surface area contributed by atoms with E-state index in [1.165, 1.54) is 18.9 Å². The maximum absolute atomic E-state index is 11.0. The van der Waals surface area contributed by atoms with Crippen LogP contribution in [0.4, 0.5) is 0 Å². The number of carbonyl (C=O) groups is 1. The summed E-state index contributed by atoms with van der Waals surface area (Å²) in [5, 5.41) is 17.6. The van der Waals surface area contributed by atoms with E-state index < -0.39 is 5.97 Å². The monoisotopic (exact) mass is 265 g/mol. The second kappa shape index (κ2) is 4.24. The van der Waals surface area contributed by atoms with Gasteiger partial charge in [0.25, 0.3) is 0 Å². The summed E-state index contributed by atoms with van der Waals surface area (Å²) >= 11 is 6.04. The molecule has 3 rings (SSSR count). The Hall–Kier alpha value is -1.62. The lowest BCUT2D eigenvalue weighted by molar-refractivity contribution is 0.0696. The van der Waals surface area contributed by atoms with E-state index in [0.29, 0.717) is 16.6 Å². The third-order valence-electron chi connectivity index (χ3n) is 3.45. The number of carboxylic acid groups (broad SMARTS) is 1. The van der Waals surface area contributed by atoms with E-state index in [9.17, 15) is 4.79 Å². The first-order valence-electron chi connectivity index (χ1n) is 5.94. The molecule has 0 atom stereocenters. The van der Waals surface area contributed by atoms with Crippen LogP contribution in [0, 0.1) is 0 Å². The summed E-state index contributed by atoms with van der Waals surface area (Å²) in [7, 11) is 0. The number of halogens is 1. The van der Waals surface area contributed by atoms with Gasteiger partial charge in [0.15, 0.2) is 5.65 Å². The fourth-order valence-electron chi connectivity index (χ4n) is 2.55. The minimum absolute atomic E-state index is 0.159. The summed E-state index contributed by atoms with van der Waals surface area (Å²) < 4.78 is 1.72. The largest absolute Gasteiger partial charge is 0.478 e. The van der Waals surface area contributed by atoms with Crippen molar-refractivity contribution in [3.8, 4) is 0 Å². The van der Waals surface area contributed by atoms with E-state index in [4.69, 9.17) is 16.7 Å². The van der Waals surface area contributed by atoms with Crippen LogP contribution >= 0.6 is 11.6 Å². The molecule has 0 saturated heterocycles. The van der Waals surface area contributed by atoms with Crippen molar-refractivity contribution < 1.29 is 9.90 Å². The highest BCUT2D eigenvalue weighted by atomic mass is 35.5. The number of rotatable bonds is 2. The second-order valence-corrected chi connectivity index (χ2v) is 5.02. The normalized spacial score (nSPS) is 16.5. The highest BCUT2D eigenvalue weighted by Crippen LogP contribution is 2.34. The highest BCUT2D eigenvalue weighted by molar-refractivity contribution is 6.33. The molecule has 0 amide bonds. The molecule has 1 saturated carbocycles. The van der Waals surface area contributed by atoms with Gasteiger partial charge >= 0.3 is 5.97 Å². The summed E-state index contributed by atoms with van der Waals surface area (Å²) in [5.41, 5.74) is 0.690. The van der Waals surface area contributed by atoms with Crippen LogP contribution in [-0.2, 0) is 0 Å². The van der Waals surface area contributed by atoms with Gasteiger partial charge in [-0.1, -0.05) is 24.4 Å². The summed E-state index contributed by atoms with van der Waals surface area (Å²) in [6.45, 7) is 0. The van der Waals surface area contributed by atoms with Gasteiger partial charge in [0, 0.05) is 12.1 Å². The molecule has 2 heterocycles. The van der Waals surface area contributed by atoms with Gasteiger partial charge in [0.05, 0.1) is 10.6 Å². The van der Waals surface area contributed by atoms with Crippen molar-refractivity contribution >= 4 is 23.2 Å². The molecule has 2 aromatic heterocycles. The average molecular weight is 266 g/mol. The molecule has 2 aromatic rings. The number of nitrogens with zero attached hydrogens (tertiary/aromatic N) is 3. The van der Waals surface area contributed by atoms with Gasteiger partial charge in [-0.25, -0.2) is 4.79 Å². The maximum Gasteiger partial charge on any atom is 0.337 e. The van der Waals surface area contributed by atoms with E-state index in [1.54, 1.807) is 10.6 Å². The smallest absolute Gasteiger partial charge is 0.337 e. The van der Waals surface area contributed by atoms with Crippen LogP contribution in [0.25, 0.3) is 5.65 Å². The van der Waals surface area contributed by atoms with Gasteiger partial charge in [0.1, 0.15) is 5.82 Å². The van der Waals surface area contributed by atoms with Crippen LogP contribution in [0.2, 0.25) is 5.02 Å². The quantitative estimate of drug-likeness (QED) is 0.907. The Morgan fingerprint density at radius 3 is 2.78 bits per heavy atom. The van der Waals surface area contributed by atoms with Crippen LogP contribution in [0.5, 0.6) is 0 Å². The third kappa shape index (κ3) is 1.75. The first-order chi connectivity index (χ1) is 8.66. The number of pyridine rings is 1. The molecule has 0 radical (unpaired) electrons. The number of fused-ring (bicyclic) bond motifs is 1. The summed E-state index contributed by atoms with van der Waals surface area (Å²) in [6.07, 6.45) is 6.08. The third-order valence-corrected chi connectivity index (χ3v) is 3.73. The number of hydrogen-bond donors (Lipinski definition) is 1. The summed E-state index contributed by atoms with van der Waals surface area (Å²) in [6, 6.07) is 1.41. The van der Waals surface area contributed by atoms with Crippen molar-refractivity contribution in [1.29, 1.82) is 0 Å². The van der Waals surface area contributed by atoms with Crippen LogP contribution in [0.15, 0.2) is 12.3 Å². The molecule has 94 valence electrons. The van der Waals surface area contributed by atoms with Crippen LogP contribution < -0.4 is 0 Å². The molecule has 18 heavy (non-hydrogen) atoms. The minimum Gasteiger partial charge on any atom is -0.478 e. The van der Waals surface area contributed by atoms with E-state index >= 15 is 0 Å². The van der Waals surface area contributed by atoms with Crippen molar-refractivity contribution in [1.82, 2.24) is 14.6 Å². The Morgan fingerprint density at radius 2 is 2.11 bits per heavy atom. The molecule has 1 aliphatic rings. The predicted octanol–water partition coefficient (Wildman–Crippen LogP) is 2.74. The van der Waals surface area contributed by atoms with Gasteiger partial charge in [-0.2, -0.15) is 0 Å². The van der Waals surface area contributed by atoms with Crippen molar-refractivity contribution in [2.75, 3.05) is 0 Å². The average Bonchev–Trinajstić information content (AvgIpc) is 2.96. The highest BCUT2D eigenvalue weighted by Gasteiger charge is 2.23. The lowest BCUT2D eigenvalue weighted by Crippen LogP contribution is -2.04. The van der Waals surface area contributed by atoms with Crippen LogP contribution in [0.1, 0.15) is 47.8 Å². The molecule has 0 aromatic carbocycles. The zero-order valence-corrected chi connectivity index (χ0v) is 10.4. The summed E-state index contributed by atoms with van der Waals surface area (Å²) in [5.74, 6) is 0.192. The lowest BCUT2D eigenvalue weighted by Gasteiger charge is -2.07. The topological polar surface area (TPSA) is 67.5 Å². The van der Waals surface area contributed by atoms with E-state index in [2.05, 4.69) is 10.2 Å². The van der Waals surface area contributed by atoms with Gasteiger partial charge < -0.3 is 5.11 Å². The molecule has 1 fully saturated rings. The standard InChI is InChI=1S/C12H12ClN3O2/c13-9-5-8(12(17)18)6-16-10(14-15-11(9)16)7-3-1-2-4-7/h5-7H,1-4H2,(H,17,18). The van der Waals surface area contributed by atoms with E-state index in [0.717, 1.165) is 18.7 Å². The Balaban J connectivity index is 2.18. The minimum atomic E-state index is -0.995. The van der Waals surface area contributed by atoms with Gasteiger partial charge in [-0.15, -0.1) is 10.2 Å². The van der Waals surface area contributed by atoms with Gasteiger partial charge in [-0.3, -0.25) is 4.40 Å². The Morgan fingerprint density at radius 1 is 1.39 bits per heavy atom. The Labute approximate surface area is 108 Å². The Kier molecular flexibility index (Phi) is 2.70. The number of aromatic carboxylic acids is 1. The lowest BCUT2D eigenvalue weighted by atomic mass is 10.1. The number of carboxylic acids is 1. The van der Waals surface area contributed by atoms with E-state index in [1.807, 2.05) is 0 Å². The molecule has 0 bridgehead atoms. The summed E-state index contributed by atoms with van der Waals surface area (Å²) in [4.78, 5) is 11.0. The zero-order chi connectivity index (χ0) is 12.7. The fourth-order valence-corrected chi connectivity index (χ4v) is 2.80. The fraction of sp³-hybridized carbons (Fsp3) is 0.417. The Bertz CT molecular complexity index is 617. The van der Waals surface area contributed by atoms with Gasteiger partial charge in [-0.05, 0) is 18.9 Å². The van der Waals surface area contributed by atoms with E-state index in [-0.39, 0.29) is 5.56 Å². The number of hydrogen-bond acceptors (Lipinski definition) is 3. The molecular weight excluding hydrogens is 254 g/mol. The zero-order valence-electron chi connectivity index (χ0n) is 9.64. The second-order valence-electron chi connectivity index (χ2n) is 4.62. The van der Waals surface area contributed by atoms with Crippen LogP contribution in [-0.4, -0.2) is 25.7 Å². The molecule has 5 nitrogen and oxygen atoms in total. The number of aromatic nitrogens is 3. The molecular formula is C12H12ClN3O2. The van der Waals surface area contributed by atoms with Gasteiger partial charge in [0.2, 0.25) is 0 Å². The maximum atomic E-state index is 11.0. The molecule has 1 N–H and O–H groups in total. The van der Waals surface area contributed by atoms with Crippen LogP contribution in [0.3, 0.4) is 0 Å². The SMILES string of the molecule is O=C(O)c1cc(Cl)c2nnc(C3CCCC3)n2c1. The molecule has 1 aliphatic carbocycles. The molecule has 6 heteroatoms. The molecule has 0 aliphatic heterocycles. The first-order valence-corrected chi connectivity index (χ1v) is 6.32. The predicted molar refractivity (Wildman–Crippen MR) is 66.2 cm³/mol. The van der Waals surface area contributed by atoms with Crippen molar-refractivity contribution in [3.63, 3.8) is 0 Å². The van der Waals surface area contributed by atoms with Crippen molar-refractivity contribution in [3.05, 3.63) is 28.7 Å². The molecule has 0 unspecified atom stereocenters.